The quantitative estimate of drug-likeness (QED) is 0.420. The molecule has 0 aliphatic heterocycles. The topological polar surface area (TPSA) is 92.6 Å². The van der Waals surface area contributed by atoms with Crippen molar-refractivity contribution in [2.45, 2.75) is 6.54 Å². The van der Waals surface area contributed by atoms with E-state index in [1.54, 1.807) is 26.2 Å². The molecule has 1 amide bonds. The summed E-state index contributed by atoms with van der Waals surface area (Å²) in [5, 5.41) is 5.84. The van der Waals surface area contributed by atoms with E-state index in [-0.39, 0.29) is 29.7 Å². The molecule has 0 bridgehead atoms. The zero-order chi connectivity index (χ0) is 11.3. The molecule has 0 radical (unpaired) electrons. The number of primary amides is 1. The molecule has 1 aromatic rings. The third-order valence-electron chi connectivity index (χ3n) is 1.79. The number of guanidine groups is 1. The van der Waals surface area contributed by atoms with E-state index in [9.17, 15) is 4.79 Å². The maximum Gasteiger partial charge on any atom is 0.284 e. The summed E-state index contributed by atoms with van der Waals surface area (Å²) < 4.78 is 5.16. The molecule has 0 aliphatic carbocycles. The van der Waals surface area contributed by atoms with Crippen LogP contribution in [-0.2, 0) is 6.54 Å². The highest BCUT2D eigenvalue weighted by Gasteiger charge is 2.06. The van der Waals surface area contributed by atoms with E-state index >= 15 is 0 Å². The van der Waals surface area contributed by atoms with Gasteiger partial charge in [-0.15, -0.1) is 24.0 Å². The Labute approximate surface area is 111 Å². The van der Waals surface area contributed by atoms with Crippen LogP contribution < -0.4 is 16.4 Å². The van der Waals surface area contributed by atoms with Crippen molar-refractivity contribution in [2.24, 2.45) is 10.7 Å². The Kier molecular flexibility index (Phi) is 6.54. The van der Waals surface area contributed by atoms with Crippen molar-refractivity contribution in [3.05, 3.63) is 23.7 Å². The van der Waals surface area contributed by atoms with E-state index in [2.05, 4.69) is 15.6 Å². The minimum Gasteiger partial charge on any atom is -0.454 e. The van der Waals surface area contributed by atoms with E-state index in [0.717, 1.165) is 0 Å². The molecule has 7 heteroatoms. The second kappa shape index (κ2) is 7.09. The fourth-order valence-electron chi connectivity index (χ4n) is 1.06. The SMILES string of the molecule is CN=C(NC)NCc1ccc(C(N)=O)o1.I. The van der Waals surface area contributed by atoms with Crippen molar-refractivity contribution in [1.82, 2.24) is 10.6 Å². The summed E-state index contributed by atoms with van der Waals surface area (Å²) in [6.45, 7) is 0.445. The number of aliphatic imine (C=N–C) groups is 1. The summed E-state index contributed by atoms with van der Waals surface area (Å²) in [5.74, 6) is 0.859. The normalized spacial score (nSPS) is 10.5. The highest BCUT2D eigenvalue weighted by Crippen LogP contribution is 2.06. The summed E-state index contributed by atoms with van der Waals surface area (Å²) in [4.78, 5) is 14.7. The number of carbonyl (C=O) groups is 1. The van der Waals surface area contributed by atoms with Crippen molar-refractivity contribution in [3.63, 3.8) is 0 Å². The van der Waals surface area contributed by atoms with Crippen LogP contribution in [0.25, 0.3) is 0 Å². The number of furan rings is 1. The van der Waals surface area contributed by atoms with Crippen LogP contribution >= 0.6 is 24.0 Å². The average Bonchev–Trinajstić information content (AvgIpc) is 2.68. The van der Waals surface area contributed by atoms with E-state index < -0.39 is 5.91 Å². The average molecular weight is 338 g/mol. The number of carbonyl (C=O) groups excluding carboxylic acids is 1. The molecular weight excluding hydrogens is 323 g/mol. The lowest BCUT2D eigenvalue weighted by atomic mass is 10.4. The van der Waals surface area contributed by atoms with Gasteiger partial charge in [-0.2, -0.15) is 0 Å². The second-order valence-corrected chi connectivity index (χ2v) is 2.81. The largest absolute Gasteiger partial charge is 0.454 e. The first-order chi connectivity index (χ1) is 7.17. The third kappa shape index (κ3) is 4.09. The van der Waals surface area contributed by atoms with Crippen molar-refractivity contribution < 1.29 is 9.21 Å². The molecule has 0 spiro atoms. The summed E-state index contributed by atoms with van der Waals surface area (Å²) >= 11 is 0. The van der Waals surface area contributed by atoms with Crippen molar-refractivity contribution in [3.8, 4) is 0 Å². The standard InChI is InChI=1S/C9H14N4O2.HI/c1-11-9(12-2)13-5-6-3-4-7(15-6)8(10)14;/h3-4H,5H2,1-2H3,(H2,10,14)(H2,11,12,13);1H. The van der Waals surface area contributed by atoms with Gasteiger partial charge in [-0.1, -0.05) is 0 Å². The Bertz CT molecular complexity index is 375. The monoisotopic (exact) mass is 338 g/mol. The van der Waals surface area contributed by atoms with E-state index in [1.165, 1.54) is 0 Å². The van der Waals surface area contributed by atoms with Crippen LogP contribution in [0.1, 0.15) is 16.3 Å². The molecule has 0 unspecified atom stereocenters. The van der Waals surface area contributed by atoms with E-state index in [1.807, 2.05) is 0 Å². The lowest BCUT2D eigenvalue weighted by molar-refractivity contribution is 0.0972. The Morgan fingerprint density at radius 3 is 2.69 bits per heavy atom. The Morgan fingerprint density at radius 1 is 1.56 bits per heavy atom. The number of nitrogens with zero attached hydrogens (tertiary/aromatic N) is 1. The molecule has 1 heterocycles. The second-order valence-electron chi connectivity index (χ2n) is 2.81. The van der Waals surface area contributed by atoms with Crippen molar-refractivity contribution in [2.75, 3.05) is 14.1 Å². The van der Waals surface area contributed by atoms with Crippen LogP contribution in [0.2, 0.25) is 0 Å². The first-order valence-electron chi connectivity index (χ1n) is 4.44. The van der Waals surface area contributed by atoms with Crippen LogP contribution in [-0.4, -0.2) is 26.0 Å². The maximum atomic E-state index is 10.7. The first-order valence-corrected chi connectivity index (χ1v) is 4.44. The number of hydrogen-bond acceptors (Lipinski definition) is 3. The van der Waals surface area contributed by atoms with Gasteiger partial charge >= 0.3 is 0 Å². The van der Waals surface area contributed by atoms with Gasteiger partial charge in [0.1, 0.15) is 5.76 Å². The molecule has 4 N–H and O–H groups in total. The van der Waals surface area contributed by atoms with E-state index in [0.29, 0.717) is 18.3 Å². The summed E-state index contributed by atoms with van der Waals surface area (Å²) in [7, 11) is 3.42. The number of rotatable bonds is 3. The molecule has 16 heavy (non-hydrogen) atoms. The summed E-state index contributed by atoms with van der Waals surface area (Å²) in [6, 6.07) is 3.23. The molecule has 0 saturated heterocycles. The van der Waals surface area contributed by atoms with Crippen molar-refractivity contribution >= 4 is 35.8 Å². The van der Waals surface area contributed by atoms with Gasteiger partial charge in [0.25, 0.3) is 5.91 Å². The zero-order valence-corrected chi connectivity index (χ0v) is 11.4. The van der Waals surface area contributed by atoms with Gasteiger partial charge in [0.2, 0.25) is 0 Å². The molecule has 1 aromatic heterocycles. The van der Waals surface area contributed by atoms with Crippen molar-refractivity contribution in [1.29, 1.82) is 0 Å². The van der Waals surface area contributed by atoms with Crippen LogP contribution in [0.15, 0.2) is 21.5 Å². The highest BCUT2D eigenvalue weighted by atomic mass is 127. The highest BCUT2D eigenvalue weighted by molar-refractivity contribution is 14.0. The van der Waals surface area contributed by atoms with Gasteiger partial charge in [-0.05, 0) is 12.1 Å². The Balaban J connectivity index is 0.00000225. The molecule has 0 atom stereocenters. The molecular formula is C9H15IN4O2. The minimum atomic E-state index is -0.570. The molecule has 0 aliphatic rings. The molecule has 0 saturated carbocycles. The molecule has 0 fully saturated rings. The fraction of sp³-hybridized carbons (Fsp3) is 0.333. The molecule has 90 valence electrons. The third-order valence-corrected chi connectivity index (χ3v) is 1.79. The Hall–Kier alpha value is -1.25. The van der Waals surface area contributed by atoms with Gasteiger partial charge in [0, 0.05) is 14.1 Å². The fourth-order valence-corrected chi connectivity index (χ4v) is 1.06. The number of halogens is 1. The van der Waals surface area contributed by atoms with Crippen LogP contribution in [0, 0.1) is 0 Å². The minimum absolute atomic E-state index is 0. The predicted molar refractivity (Wildman–Crippen MR) is 71.9 cm³/mol. The van der Waals surface area contributed by atoms with Crippen LogP contribution in [0.4, 0.5) is 0 Å². The number of nitrogens with one attached hydrogen (secondary N) is 2. The van der Waals surface area contributed by atoms with Gasteiger partial charge in [-0.3, -0.25) is 9.79 Å². The lowest BCUT2D eigenvalue weighted by Crippen LogP contribution is -2.33. The van der Waals surface area contributed by atoms with Gasteiger partial charge < -0.3 is 20.8 Å². The van der Waals surface area contributed by atoms with Gasteiger partial charge in [-0.25, -0.2) is 0 Å². The van der Waals surface area contributed by atoms with E-state index in [4.69, 9.17) is 10.2 Å². The Morgan fingerprint density at radius 2 is 2.25 bits per heavy atom. The number of nitrogens with two attached hydrogens (primary N) is 1. The molecule has 6 nitrogen and oxygen atoms in total. The molecule has 0 aromatic carbocycles. The molecule has 1 rings (SSSR count). The lowest BCUT2D eigenvalue weighted by Gasteiger charge is -2.05. The smallest absolute Gasteiger partial charge is 0.284 e. The maximum absolute atomic E-state index is 10.7. The number of amides is 1. The van der Waals surface area contributed by atoms with Crippen LogP contribution in [0.3, 0.4) is 0 Å². The summed E-state index contributed by atoms with van der Waals surface area (Å²) in [6.07, 6.45) is 0. The number of hydrogen-bond donors (Lipinski definition) is 3. The van der Waals surface area contributed by atoms with Gasteiger partial charge in [0.15, 0.2) is 11.7 Å². The van der Waals surface area contributed by atoms with Crippen LogP contribution in [0.5, 0.6) is 0 Å². The van der Waals surface area contributed by atoms with Gasteiger partial charge in [0.05, 0.1) is 6.54 Å². The summed E-state index contributed by atoms with van der Waals surface area (Å²) in [5.41, 5.74) is 5.05. The zero-order valence-electron chi connectivity index (χ0n) is 9.11. The first kappa shape index (κ1) is 14.8. The predicted octanol–water partition coefficient (Wildman–Crippen LogP) is 0.291.